The molecule has 1 heterocycles. The largest absolute Gasteiger partial charge is 0.357 e. The summed E-state index contributed by atoms with van der Waals surface area (Å²) in [6.07, 6.45) is 5.11. The van der Waals surface area contributed by atoms with Crippen LogP contribution in [0, 0.1) is 0 Å². The summed E-state index contributed by atoms with van der Waals surface area (Å²) in [4.78, 5) is 20.0. The van der Waals surface area contributed by atoms with Crippen LogP contribution >= 0.6 is 0 Å². The maximum Gasteiger partial charge on any atom is 0.243 e. The maximum absolute atomic E-state index is 11.6. The average Bonchev–Trinajstić information content (AvgIpc) is 2.50. The number of piperidine rings is 1. The molecule has 1 amide bonds. The van der Waals surface area contributed by atoms with Crippen molar-refractivity contribution < 1.29 is 4.79 Å². The summed E-state index contributed by atoms with van der Waals surface area (Å²) in [6.45, 7) is 8.57. The molecule has 1 rings (SSSR count). The zero-order valence-electron chi connectivity index (χ0n) is 14.7. The van der Waals surface area contributed by atoms with E-state index in [1.165, 1.54) is 25.8 Å². The Kier molecular flexibility index (Phi) is 8.89. The molecule has 0 aliphatic carbocycles. The second-order valence-electron chi connectivity index (χ2n) is 6.14. The Morgan fingerprint density at radius 1 is 1.32 bits per heavy atom. The summed E-state index contributed by atoms with van der Waals surface area (Å²) in [5, 5.41) is 6.49. The highest BCUT2D eigenvalue weighted by Gasteiger charge is 2.17. The summed E-state index contributed by atoms with van der Waals surface area (Å²) < 4.78 is 0. The van der Waals surface area contributed by atoms with E-state index in [1.807, 2.05) is 6.92 Å². The second kappa shape index (κ2) is 10.4. The van der Waals surface area contributed by atoms with Gasteiger partial charge in [-0.3, -0.25) is 4.79 Å². The number of carbonyl (C=O) groups excluding carboxylic acids is 1. The summed E-state index contributed by atoms with van der Waals surface area (Å²) in [6, 6.07) is 0.716. The zero-order chi connectivity index (χ0) is 16.4. The molecule has 0 saturated carbocycles. The Bertz CT molecular complexity index is 356. The van der Waals surface area contributed by atoms with Crippen LogP contribution < -0.4 is 10.6 Å². The van der Waals surface area contributed by atoms with Crippen molar-refractivity contribution in [2.45, 2.75) is 45.6 Å². The molecule has 128 valence electrons. The number of likely N-dealkylation sites (N-methyl/N-ethyl adjacent to an activating group) is 1. The Balaban J connectivity index is 2.28. The van der Waals surface area contributed by atoms with Crippen LogP contribution in [0.2, 0.25) is 0 Å². The van der Waals surface area contributed by atoms with Gasteiger partial charge in [0.2, 0.25) is 5.91 Å². The van der Waals surface area contributed by atoms with E-state index in [9.17, 15) is 4.79 Å². The minimum atomic E-state index is 0.0133. The Labute approximate surface area is 135 Å². The van der Waals surface area contributed by atoms with E-state index in [2.05, 4.69) is 27.4 Å². The third-order valence-electron chi connectivity index (χ3n) is 4.07. The van der Waals surface area contributed by atoms with Crippen LogP contribution in [0.3, 0.4) is 0 Å². The van der Waals surface area contributed by atoms with Crippen molar-refractivity contribution in [3.05, 3.63) is 0 Å². The first-order chi connectivity index (χ1) is 10.5. The van der Waals surface area contributed by atoms with Crippen LogP contribution in [0.25, 0.3) is 0 Å². The standard InChI is InChI=1S/C16H33N5O/c1-5-17-16(19-13-15(22)20(3)4)18-10-8-12-21-11-7-6-9-14(21)2/h14H,5-13H2,1-4H3,(H2,17,18,19). The highest BCUT2D eigenvalue weighted by atomic mass is 16.2. The highest BCUT2D eigenvalue weighted by Crippen LogP contribution is 2.15. The van der Waals surface area contributed by atoms with Crippen LogP contribution in [0.1, 0.15) is 39.5 Å². The third kappa shape index (κ3) is 7.11. The fraction of sp³-hybridized carbons (Fsp3) is 0.875. The van der Waals surface area contributed by atoms with Gasteiger partial charge in [-0.25, -0.2) is 4.99 Å². The van der Waals surface area contributed by atoms with Gasteiger partial charge in [0.1, 0.15) is 6.54 Å². The molecule has 0 aromatic rings. The van der Waals surface area contributed by atoms with Gasteiger partial charge in [0.15, 0.2) is 5.96 Å². The van der Waals surface area contributed by atoms with Crippen molar-refractivity contribution in [2.75, 3.05) is 46.8 Å². The van der Waals surface area contributed by atoms with E-state index in [-0.39, 0.29) is 12.5 Å². The summed E-state index contributed by atoms with van der Waals surface area (Å²) in [7, 11) is 3.50. The first-order valence-electron chi connectivity index (χ1n) is 8.51. The van der Waals surface area contributed by atoms with Crippen LogP contribution in [0.15, 0.2) is 4.99 Å². The summed E-state index contributed by atoms with van der Waals surface area (Å²) >= 11 is 0. The third-order valence-corrected chi connectivity index (χ3v) is 4.07. The van der Waals surface area contributed by atoms with Gasteiger partial charge >= 0.3 is 0 Å². The fourth-order valence-electron chi connectivity index (χ4n) is 2.61. The second-order valence-corrected chi connectivity index (χ2v) is 6.14. The van der Waals surface area contributed by atoms with E-state index in [0.29, 0.717) is 6.04 Å². The normalized spacial score (nSPS) is 19.8. The van der Waals surface area contributed by atoms with E-state index in [0.717, 1.165) is 32.0 Å². The minimum Gasteiger partial charge on any atom is -0.357 e. The molecule has 0 aromatic carbocycles. The van der Waals surface area contributed by atoms with Crippen molar-refractivity contribution in [2.24, 2.45) is 4.99 Å². The van der Waals surface area contributed by atoms with E-state index in [1.54, 1.807) is 19.0 Å². The monoisotopic (exact) mass is 311 g/mol. The van der Waals surface area contributed by atoms with Crippen LogP contribution in [0.5, 0.6) is 0 Å². The summed E-state index contributed by atoms with van der Waals surface area (Å²) in [5.74, 6) is 0.740. The van der Waals surface area contributed by atoms with Gasteiger partial charge in [0.25, 0.3) is 0 Å². The number of carbonyl (C=O) groups is 1. The molecule has 0 spiro atoms. The molecular weight excluding hydrogens is 278 g/mol. The molecule has 1 unspecified atom stereocenters. The van der Waals surface area contributed by atoms with Gasteiger partial charge in [-0.05, 0) is 39.7 Å². The molecule has 1 atom stereocenters. The van der Waals surface area contributed by atoms with E-state index in [4.69, 9.17) is 0 Å². The van der Waals surface area contributed by atoms with Crippen LogP contribution in [-0.2, 0) is 4.79 Å². The molecule has 6 heteroatoms. The lowest BCUT2D eigenvalue weighted by molar-refractivity contribution is -0.127. The van der Waals surface area contributed by atoms with Gasteiger partial charge in [-0.1, -0.05) is 6.42 Å². The van der Waals surface area contributed by atoms with E-state index >= 15 is 0 Å². The summed E-state index contributed by atoms with van der Waals surface area (Å²) in [5.41, 5.74) is 0. The van der Waals surface area contributed by atoms with Gasteiger partial charge < -0.3 is 20.4 Å². The topological polar surface area (TPSA) is 60.0 Å². The van der Waals surface area contributed by atoms with Gasteiger partial charge in [-0.2, -0.15) is 0 Å². The molecule has 1 fully saturated rings. The number of hydrogen-bond acceptors (Lipinski definition) is 3. The number of nitrogens with one attached hydrogen (secondary N) is 2. The Morgan fingerprint density at radius 2 is 2.09 bits per heavy atom. The van der Waals surface area contributed by atoms with Crippen molar-refractivity contribution in [1.82, 2.24) is 20.4 Å². The first kappa shape index (κ1) is 18.7. The molecule has 0 radical (unpaired) electrons. The molecule has 1 saturated heterocycles. The lowest BCUT2D eigenvalue weighted by Gasteiger charge is -2.33. The number of hydrogen-bond donors (Lipinski definition) is 2. The number of amides is 1. The van der Waals surface area contributed by atoms with Crippen LogP contribution in [0.4, 0.5) is 0 Å². The first-order valence-corrected chi connectivity index (χ1v) is 8.51. The van der Waals surface area contributed by atoms with Gasteiger partial charge in [-0.15, -0.1) is 0 Å². The molecule has 1 aliphatic rings. The highest BCUT2D eigenvalue weighted by molar-refractivity contribution is 5.84. The molecule has 6 nitrogen and oxygen atoms in total. The van der Waals surface area contributed by atoms with Crippen molar-refractivity contribution in [3.63, 3.8) is 0 Å². The molecule has 22 heavy (non-hydrogen) atoms. The molecule has 1 aliphatic heterocycles. The molecule has 2 N–H and O–H groups in total. The SMILES string of the molecule is CCNC(=NCC(=O)N(C)C)NCCCN1CCCCC1C. The minimum absolute atomic E-state index is 0.0133. The average molecular weight is 311 g/mol. The lowest BCUT2D eigenvalue weighted by Crippen LogP contribution is -2.41. The van der Waals surface area contributed by atoms with Crippen molar-refractivity contribution >= 4 is 11.9 Å². The predicted octanol–water partition coefficient (Wildman–Crippen LogP) is 0.894. The Hall–Kier alpha value is -1.30. The zero-order valence-corrected chi connectivity index (χ0v) is 14.7. The maximum atomic E-state index is 11.6. The number of guanidine groups is 1. The quantitative estimate of drug-likeness (QED) is 0.416. The van der Waals surface area contributed by atoms with Crippen molar-refractivity contribution in [3.8, 4) is 0 Å². The number of rotatable bonds is 7. The van der Waals surface area contributed by atoms with Gasteiger partial charge in [0.05, 0.1) is 0 Å². The van der Waals surface area contributed by atoms with Crippen molar-refractivity contribution in [1.29, 1.82) is 0 Å². The predicted molar refractivity (Wildman–Crippen MR) is 92.2 cm³/mol. The number of aliphatic imine (C=N–C) groups is 1. The smallest absolute Gasteiger partial charge is 0.243 e. The molecule has 0 aromatic heterocycles. The van der Waals surface area contributed by atoms with E-state index < -0.39 is 0 Å². The van der Waals surface area contributed by atoms with Crippen LogP contribution in [-0.4, -0.2) is 74.5 Å². The number of nitrogens with zero attached hydrogens (tertiary/aromatic N) is 3. The Morgan fingerprint density at radius 3 is 2.73 bits per heavy atom. The lowest BCUT2D eigenvalue weighted by atomic mass is 10.0. The van der Waals surface area contributed by atoms with Gasteiger partial charge in [0, 0.05) is 39.8 Å². The fourth-order valence-corrected chi connectivity index (χ4v) is 2.61. The number of likely N-dealkylation sites (tertiary alicyclic amines) is 1. The molecular formula is C16H33N5O. The molecule has 0 bridgehead atoms.